The molecule has 10 nitrogen and oxygen atoms in total. The van der Waals surface area contributed by atoms with Gasteiger partial charge in [-0.25, -0.2) is 0 Å². The van der Waals surface area contributed by atoms with Crippen molar-refractivity contribution in [3.8, 4) is 0 Å². The van der Waals surface area contributed by atoms with Gasteiger partial charge in [0.05, 0.1) is 12.8 Å². The molecule has 0 aliphatic rings. The molecule has 112 valence electrons. The zero-order valence-electron chi connectivity index (χ0n) is 9.76. The fourth-order valence-electron chi connectivity index (χ4n) is 0.608. The van der Waals surface area contributed by atoms with E-state index < -0.39 is 35.8 Å². The Morgan fingerprint density at radius 1 is 0.789 bits per heavy atom. The first-order valence-electron chi connectivity index (χ1n) is 4.61. The fourth-order valence-corrected chi connectivity index (χ4v) is 0.608. The Balaban J connectivity index is -0.000000256. The van der Waals surface area contributed by atoms with Crippen molar-refractivity contribution in [2.24, 2.45) is 22.9 Å². The Bertz CT molecular complexity index is 305. The first-order valence-corrected chi connectivity index (χ1v) is 4.61. The third-order valence-corrected chi connectivity index (χ3v) is 1.48. The minimum Gasteiger partial charge on any atom is -0.480 e. The van der Waals surface area contributed by atoms with E-state index in [1.54, 1.807) is 0 Å². The average Bonchev–Trinajstić information content (AvgIpc) is 2.16. The molecule has 0 fully saturated rings. The number of hydrogen-bond acceptors (Lipinski definition) is 6. The van der Waals surface area contributed by atoms with E-state index in [1.807, 2.05) is 0 Å². The van der Waals surface area contributed by atoms with Crippen molar-refractivity contribution in [2.45, 2.75) is 24.9 Å². The van der Waals surface area contributed by atoms with E-state index in [9.17, 15) is 19.2 Å². The number of amides is 2. The van der Waals surface area contributed by atoms with Crippen molar-refractivity contribution in [1.82, 2.24) is 0 Å². The molecule has 0 bridgehead atoms. The summed E-state index contributed by atoms with van der Waals surface area (Å²) in [5, 5.41) is 16.2. The van der Waals surface area contributed by atoms with E-state index in [2.05, 4.69) is 11.5 Å². The van der Waals surface area contributed by atoms with Gasteiger partial charge >= 0.3 is 11.9 Å². The minimum absolute atomic E-state index is 0. The standard InChI is InChI=1S/2C4H8N2O3.Fe/c2*5-2(4(8)9)1-3(6)7;/h2*2H,1,5H2,(H2,6,7)(H,8,9);. The second-order valence-electron chi connectivity index (χ2n) is 3.23. The van der Waals surface area contributed by atoms with Crippen molar-refractivity contribution >= 4 is 23.8 Å². The van der Waals surface area contributed by atoms with Gasteiger partial charge in [-0.15, -0.1) is 0 Å². The molecule has 0 aromatic heterocycles. The Morgan fingerprint density at radius 2 is 1.00 bits per heavy atom. The van der Waals surface area contributed by atoms with Gasteiger partial charge in [0.25, 0.3) is 0 Å². The summed E-state index contributed by atoms with van der Waals surface area (Å²) in [4.78, 5) is 39.8. The summed E-state index contributed by atoms with van der Waals surface area (Å²) >= 11 is 0. The van der Waals surface area contributed by atoms with Crippen molar-refractivity contribution in [2.75, 3.05) is 0 Å². The number of carboxylic acid groups (broad SMARTS) is 2. The number of primary amides is 2. The molecular weight excluding hydrogens is 304 g/mol. The Hall–Kier alpha value is -1.68. The molecule has 0 spiro atoms. The second-order valence-corrected chi connectivity index (χ2v) is 3.23. The van der Waals surface area contributed by atoms with Gasteiger partial charge in [0.15, 0.2) is 0 Å². The molecule has 0 aliphatic heterocycles. The average molecular weight is 320 g/mol. The predicted octanol–water partition coefficient (Wildman–Crippen LogP) is -3.46. The molecule has 2 unspecified atom stereocenters. The van der Waals surface area contributed by atoms with Gasteiger partial charge in [0.1, 0.15) is 12.1 Å². The Morgan fingerprint density at radius 3 is 1.05 bits per heavy atom. The maximum atomic E-state index is 9.99. The number of rotatable bonds is 6. The van der Waals surface area contributed by atoms with Gasteiger partial charge in [0, 0.05) is 17.1 Å². The SMILES string of the molecule is NC(=O)CC(N)C(=O)O.NC(=O)CC(N)C(=O)O.[Fe]. The molecule has 2 atom stereocenters. The Labute approximate surface area is 118 Å². The van der Waals surface area contributed by atoms with E-state index in [0.717, 1.165) is 0 Å². The van der Waals surface area contributed by atoms with E-state index in [1.165, 1.54) is 0 Å². The molecule has 0 aromatic rings. The van der Waals surface area contributed by atoms with Gasteiger partial charge in [-0.2, -0.15) is 0 Å². The summed E-state index contributed by atoms with van der Waals surface area (Å²) in [6.07, 6.45) is -0.620. The van der Waals surface area contributed by atoms with Crippen LogP contribution >= 0.6 is 0 Å². The summed E-state index contributed by atoms with van der Waals surface area (Å²) in [7, 11) is 0. The van der Waals surface area contributed by atoms with E-state index in [-0.39, 0.29) is 29.9 Å². The molecule has 2 amide bonds. The van der Waals surface area contributed by atoms with E-state index in [4.69, 9.17) is 21.7 Å². The van der Waals surface area contributed by atoms with E-state index >= 15 is 0 Å². The molecule has 0 aromatic carbocycles. The van der Waals surface area contributed by atoms with Crippen molar-refractivity contribution in [1.29, 1.82) is 0 Å². The minimum atomic E-state index is -1.21. The van der Waals surface area contributed by atoms with Crippen LogP contribution < -0.4 is 22.9 Å². The third kappa shape index (κ3) is 16.3. The van der Waals surface area contributed by atoms with Crippen LogP contribution in [0.25, 0.3) is 0 Å². The van der Waals surface area contributed by atoms with Gasteiger partial charge in [-0.05, 0) is 0 Å². The largest absolute Gasteiger partial charge is 0.480 e. The van der Waals surface area contributed by atoms with Gasteiger partial charge in [-0.3, -0.25) is 19.2 Å². The number of carboxylic acids is 2. The zero-order chi connectivity index (χ0) is 14.9. The molecule has 0 radical (unpaired) electrons. The Kier molecular flexibility index (Phi) is 13.5. The molecular formula is C8H16FeN4O6. The quantitative estimate of drug-likeness (QED) is 0.270. The van der Waals surface area contributed by atoms with Crippen molar-refractivity contribution in [3.63, 3.8) is 0 Å². The van der Waals surface area contributed by atoms with Crippen LogP contribution in [0.15, 0.2) is 0 Å². The number of carbonyl (C=O) groups is 4. The molecule has 10 N–H and O–H groups in total. The fraction of sp³-hybridized carbons (Fsp3) is 0.500. The van der Waals surface area contributed by atoms with Crippen LogP contribution in [0.1, 0.15) is 12.8 Å². The van der Waals surface area contributed by atoms with Crippen molar-refractivity contribution in [3.05, 3.63) is 0 Å². The maximum Gasteiger partial charge on any atom is 0.321 e. The number of nitrogens with two attached hydrogens (primary N) is 4. The summed E-state index contributed by atoms with van der Waals surface area (Å²) in [5.41, 5.74) is 19.1. The number of hydrogen-bond donors (Lipinski definition) is 6. The van der Waals surface area contributed by atoms with Gasteiger partial charge < -0.3 is 33.1 Å². The third-order valence-electron chi connectivity index (χ3n) is 1.48. The van der Waals surface area contributed by atoms with Crippen LogP contribution in [0.2, 0.25) is 0 Å². The van der Waals surface area contributed by atoms with Crippen LogP contribution in [0.4, 0.5) is 0 Å². The summed E-state index contributed by atoms with van der Waals surface area (Å²) in [6, 6.07) is -2.33. The first kappa shape index (κ1) is 22.5. The smallest absolute Gasteiger partial charge is 0.321 e. The number of aliphatic carboxylic acids is 2. The van der Waals surface area contributed by atoms with Gasteiger partial charge in [-0.1, -0.05) is 0 Å². The maximum absolute atomic E-state index is 9.99. The summed E-state index contributed by atoms with van der Waals surface area (Å²) in [5.74, 6) is -3.84. The van der Waals surface area contributed by atoms with Crippen LogP contribution in [0, 0.1) is 0 Å². The van der Waals surface area contributed by atoms with Crippen LogP contribution in [-0.4, -0.2) is 46.0 Å². The van der Waals surface area contributed by atoms with Crippen molar-refractivity contribution < 1.29 is 46.5 Å². The molecule has 19 heavy (non-hydrogen) atoms. The van der Waals surface area contributed by atoms with Crippen LogP contribution in [0.5, 0.6) is 0 Å². The normalized spacial score (nSPS) is 11.9. The predicted molar refractivity (Wildman–Crippen MR) is 58.8 cm³/mol. The van der Waals surface area contributed by atoms with Crippen LogP contribution in [-0.2, 0) is 36.2 Å². The molecule has 0 heterocycles. The summed E-state index contributed by atoms with van der Waals surface area (Å²) in [6.45, 7) is 0. The van der Waals surface area contributed by atoms with E-state index in [0.29, 0.717) is 0 Å². The molecule has 0 aliphatic carbocycles. The molecule has 0 saturated carbocycles. The zero-order valence-corrected chi connectivity index (χ0v) is 10.9. The number of carbonyl (C=O) groups excluding carboxylic acids is 2. The monoisotopic (exact) mass is 320 g/mol. The van der Waals surface area contributed by atoms with Gasteiger partial charge in [0.2, 0.25) is 11.8 Å². The molecule has 0 saturated heterocycles. The first-order chi connectivity index (χ1) is 8.07. The second kappa shape index (κ2) is 11.4. The van der Waals surface area contributed by atoms with Crippen LogP contribution in [0.3, 0.4) is 0 Å². The molecule has 11 heteroatoms. The summed E-state index contributed by atoms with van der Waals surface area (Å²) < 4.78 is 0. The topological polar surface area (TPSA) is 213 Å². The molecule has 0 rings (SSSR count).